The lowest BCUT2D eigenvalue weighted by Crippen LogP contribution is -2.26. The van der Waals surface area contributed by atoms with Crippen LogP contribution in [0, 0.1) is 0 Å². The van der Waals surface area contributed by atoms with E-state index < -0.39 is 16.1 Å². The van der Waals surface area contributed by atoms with Crippen molar-refractivity contribution in [3.8, 4) is 17.2 Å². The molecule has 11 heteroatoms. The average Bonchev–Trinajstić information content (AvgIpc) is 2.69. The highest BCUT2D eigenvalue weighted by molar-refractivity contribution is 7.90. The molecule has 29 heavy (non-hydrogen) atoms. The lowest BCUT2D eigenvalue weighted by atomic mass is 10.1. The molecule has 0 unspecified atom stereocenters. The number of nitrogens with zero attached hydrogens (tertiary/aromatic N) is 1. The zero-order valence-corrected chi connectivity index (χ0v) is 17.0. The third kappa shape index (κ3) is 4.50. The zero-order chi connectivity index (χ0) is 21.2. The van der Waals surface area contributed by atoms with Crippen LogP contribution in [0.15, 0.2) is 42.6 Å². The minimum absolute atomic E-state index is 0.138. The number of ether oxygens (including phenoxy) is 2. The van der Waals surface area contributed by atoms with Crippen molar-refractivity contribution >= 4 is 44.3 Å². The van der Waals surface area contributed by atoms with Gasteiger partial charge in [-0.25, -0.2) is 4.72 Å². The maximum Gasteiger partial charge on any atom is 0.298 e. The van der Waals surface area contributed by atoms with Crippen LogP contribution in [0.4, 0.5) is 5.69 Å². The largest absolute Gasteiger partial charge is 0.496 e. The molecule has 2 aromatic carbocycles. The number of nitrogens with two attached hydrogens (primary N) is 1. The third-order valence-corrected chi connectivity index (χ3v) is 5.31. The van der Waals surface area contributed by atoms with Crippen LogP contribution in [0.25, 0.3) is 10.9 Å². The van der Waals surface area contributed by atoms with Crippen LogP contribution in [0.2, 0.25) is 5.02 Å². The number of fused-ring (bicyclic) bond motifs is 1. The van der Waals surface area contributed by atoms with E-state index in [1.54, 1.807) is 18.2 Å². The van der Waals surface area contributed by atoms with Crippen LogP contribution in [0.3, 0.4) is 0 Å². The number of rotatable bonds is 7. The summed E-state index contributed by atoms with van der Waals surface area (Å²) in [6.07, 6.45) is 1.54. The Balaban J connectivity index is 1.99. The van der Waals surface area contributed by atoms with Crippen LogP contribution in [0.1, 0.15) is 10.4 Å². The van der Waals surface area contributed by atoms with Gasteiger partial charge in [-0.1, -0.05) is 11.6 Å². The number of carbonyl (C=O) groups is 1. The fourth-order valence-corrected chi connectivity index (χ4v) is 3.41. The van der Waals surface area contributed by atoms with Crippen molar-refractivity contribution < 1.29 is 22.7 Å². The van der Waals surface area contributed by atoms with Gasteiger partial charge in [-0.2, -0.15) is 8.42 Å². The Morgan fingerprint density at radius 2 is 1.93 bits per heavy atom. The second kappa shape index (κ2) is 8.11. The van der Waals surface area contributed by atoms with Crippen molar-refractivity contribution in [1.82, 2.24) is 9.71 Å². The van der Waals surface area contributed by atoms with E-state index in [4.69, 9.17) is 26.8 Å². The first-order valence-corrected chi connectivity index (χ1v) is 10.1. The number of amides is 1. The molecule has 0 saturated heterocycles. The standard InChI is InChI=1S/C18H17ClN4O5S/c1-21-29(25,26)23-14-4-3-10(7-13(14)19)28-16-5-6-22-15-9-17(27-2)12(18(20)24)8-11(15)16/h3-9,21,23H,1-2H3,(H2,20,24). The van der Waals surface area contributed by atoms with Crippen molar-refractivity contribution in [2.45, 2.75) is 0 Å². The fourth-order valence-electron chi connectivity index (χ4n) is 2.56. The monoisotopic (exact) mass is 436 g/mol. The van der Waals surface area contributed by atoms with Crippen molar-refractivity contribution in [3.05, 3.63) is 53.2 Å². The molecule has 9 nitrogen and oxygen atoms in total. The Labute approximate surface area is 172 Å². The van der Waals surface area contributed by atoms with Crippen LogP contribution >= 0.6 is 11.6 Å². The van der Waals surface area contributed by atoms with E-state index in [9.17, 15) is 13.2 Å². The number of anilines is 1. The van der Waals surface area contributed by atoms with Gasteiger partial charge in [0.05, 0.1) is 28.9 Å². The second-order valence-corrected chi connectivity index (χ2v) is 7.82. The molecule has 0 atom stereocenters. The van der Waals surface area contributed by atoms with Crippen LogP contribution in [0.5, 0.6) is 17.2 Å². The summed E-state index contributed by atoms with van der Waals surface area (Å²) in [7, 11) is -0.999. The minimum atomic E-state index is -3.70. The Morgan fingerprint density at radius 3 is 2.55 bits per heavy atom. The van der Waals surface area contributed by atoms with Crippen LogP contribution in [-0.4, -0.2) is 33.5 Å². The fraction of sp³-hybridized carbons (Fsp3) is 0.111. The number of aromatic nitrogens is 1. The topological polar surface area (TPSA) is 133 Å². The highest BCUT2D eigenvalue weighted by atomic mass is 35.5. The number of carbonyl (C=O) groups excluding carboxylic acids is 1. The molecule has 0 aliphatic carbocycles. The smallest absolute Gasteiger partial charge is 0.298 e. The Bertz CT molecular complexity index is 1200. The molecule has 0 bridgehead atoms. The summed E-state index contributed by atoms with van der Waals surface area (Å²) in [5.74, 6) is 0.410. The first-order chi connectivity index (χ1) is 13.7. The Kier molecular flexibility index (Phi) is 5.78. The average molecular weight is 437 g/mol. The molecule has 3 rings (SSSR count). The maximum absolute atomic E-state index is 11.7. The number of pyridine rings is 1. The molecular weight excluding hydrogens is 420 g/mol. The van der Waals surface area contributed by atoms with E-state index >= 15 is 0 Å². The van der Waals surface area contributed by atoms with Crippen molar-refractivity contribution in [2.24, 2.45) is 5.73 Å². The summed E-state index contributed by atoms with van der Waals surface area (Å²) < 4.78 is 38.7. The molecule has 0 fully saturated rings. The minimum Gasteiger partial charge on any atom is -0.496 e. The molecule has 0 aliphatic rings. The predicted octanol–water partition coefficient (Wildman–Crippen LogP) is 2.66. The molecule has 1 aromatic heterocycles. The van der Waals surface area contributed by atoms with Crippen LogP contribution in [-0.2, 0) is 10.2 Å². The quantitative estimate of drug-likeness (QED) is 0.521. The number of halogens is 1. The van der Waals surface area contributed by atoms with Gasteiger partial charge in [0, 0.05) is 30.8 Å². The molecule has 152 valence electrons. The van der Waals surface area contributed by atoms with E-state index in [1.165, 1.54) is 38.6 Å². The van der Waals surface area contributed by atoms with Gasteiger partial charge in [-0.3, -0.25) is 14.5 Å². The van der Waals surface area contributed by atoms with E-state index in [0.717, 1.165) is 0 Å². The van der Waals surface area contributed by atoms with E-state index in [2.05, 4.69) is 14.4 Å². The van der Waals surface area contributed by atoms with E-state index in [-0.39, 0.29) is 16.3 Å². The normalized spacial score (nSPS) is 11.3. The van der Waals surface area contributed by atoms with Gasteiger partial charge in [-0.05, 0) is 24.3 Å². The van der Waals surface area contributed by atoms with E-state index in [0.29, 0.717) is 28.2 Å². The molecule has 1 heterocycles. The summed E-state index contributed by atoms with van der Waals surface area (Å²) >= 11 is 6.16. The maximum atomic E-state index is 11.7. The molecule has 4 N–H and O–H groups in total. The molecular formula is C18H17ClN4O5S. The van der Waals surface area contributed by atoms with Gasteiger partial charge in [0.2, 0.25) is 0 Å². The number of nitrogens with one attached hydrogen (secondary N) is 2. The van der Waals surface area contributed by atoms with E-state index in [1.807, 2.05) is 0 Å². The third-order valence-electron chi connectivity index (χ3n) is 3.97. The SMILES string of the molecule is CNS(=O)(=O)Nc1ccc(Oc2ccnc3cc(OC)c(C(N)=O)cc23)cc1Cl. The highest BCUT2D eigenvalue weighted by Gasteiger charge is 2.15. The van der Waals surface area contributed by atoms with Gasteiger partial charge in [-0.15, -0.1) is 0 Å². The number of hydrogen-bond acceptors (Lipinski definition) is 6. The number of primary amides is 1. The summed E-state index contributed by atoms with van der Waals surface area (Å²) in [5, 5.41) is 0.678. The van der Waals surface area contributed by atoms with Crippen molar-refractivity contribution in [2.75, 3.05) is 18.9 Å². The lowest BCUT2D eigenvalue weighted by molar-refractivity contribution is 0.0997. The van der Waals surface area contributed by atoms with Gasteiger partial charge < -0.3 is 15.2 Å². The van der Waals surface area contributed by atoms with Crippen LogP contribution < -0.4 is 24.7 Å². The summed E-state index contributed by atoms with van der Waals surface area (Å²) in [6.45, 7) is 0. The van der Waals surface area contributed by atoms with Gasteiger partial charge >= 0.3 is 0 Å². The number of methoxy groups -OCH3 is 1. The van der Waals surface area contributed by atoms with Crippen molar-refractivity contribution in [3.63, 3.8) is 0 Å². The Hall–Kier alpha value is -3.08. The molecule has 3 aromatic rings. The van der Waals surface area contributed by atoms with Gasteiger partial charge in [0.25, 0.3) is 16.1 Å². The highest BCUT2D eigenvalue weighted by Crippen LogP contribution is 2.35. The summed E-state index contributed by atoms with van der Waals surface area (Å²) in [4.78, 5) is 16.0. The number of hydrogen-bond donors (Lipinski definition) is 3. The first-order valence-electron chi connectivity index (χ1n) is 8.19. The molecule has 0 spiro atoms. The first kappa shape index (κ1) is 20.6. The summed E-state index contributed by atoms with van der Waals surface area (Å²) in [5.41, 5.74) is 6.34. The predicted molar refractivity (Wildman–Crippen MR) is 110 cm³/mol. The summed E-state index contributed by atoms with van der Waals surface area (Å²) in [6, 6.07) is 9.21. The molecule has 1 amide bonds. The zero-order valence-electron chi connectivity index (χ0n) is 15.4. The van der Waals surface area contributed by atoms with Gasteiger partial charge in [0.1, 0.15) is 17.2 Å². The number of benzene rings is 2. The molecule has 0 aliphatic heterocycles. The van der Waals surface area contributed by atoms with Crippen molar-refractivity contribution in [1.29, 1.82) is 0 Å². The molecule has 0 saturated carbocycles. The second-order valence-electron chi connectivity index (χ2n) is 5.80. The van der Waals surface area contributed by atoms with Gasteiger partial charge in [0.15, 0.2) is 0 Å². The Morgan fingerprint density at radius 1 is 1.17 bits per heavy atom. The molecule has 0 radical (unpaired) electrons. The lowest BCUT2D eigenvalue weighted by Gasteiger charge is -2.13.